The molecule has 0 radical (unpaired) electrons. The average Bonchev–Trinajstić information content (AvgIpc) is 3.04. The molecule has 2 heterocycles. The normalized spacial score (nSPS) is 16.5. The van der Waals surface area contributed by atoms with Gasteiger partial charge in [0.15, 0.2) is 5.69 Å². The van der Waals surface area contributed by atoms with Gasteiger partial charge in [-0.3, -0.25) is 14.4 Å². The molecule has 1 fully saturated rings. The Labute approximate surface area is 156 Å². The molecule has 1 amide bonds. The van der Waals surface area contributed by atoms with Gasteiger partial charge in [-0.25, -0.2) is 0 Å². The molecule has 1 aromatic carbocycles. The maximum absolute atomic E-state index is 12.5. The van der Waals surface area contributed by atoms with Crippen molar-refractivity contribution in [2.75, 3.05) is 19.6 Å². The molecule has 26 heavy (non-hydrogen) atoms. The second kappa shape index (κ2) is 8.04. The predicted octanol–water partition coefficient (Wildman–Crippen LogP) is 3.31. The molecule has 0 saturated carbocycles. The van der Waals surface area contributed by atoms with Crippen molar-refractivity contribution in [3.8, 4) is 11.3 Å². The second-order valence-corrected chi connectivity index (χ2v) is 7.49. The van der Waals surface area contributed by atoms with E-state index >= 15 is 0 Å². The number of benzene rings is 1. The highest BCUT2D eigenvalue weighted by molar-refractivity contribution is 5.93. The highest BCUT2D eigenvalue weighted by Gasteiger charge is 2.19. The minimum atomic E-state index is -0.0976. The van der Waals surface area contributed by atoms with Crippen LogP contribution in [-0.2, 0) is 7.05 Å². The van der Waals surface area contributed by atoms with Crippen LogP contribution in [0, 0.1) is 13.8 Å². The van der Waals surface area contributed by atoms with Gasteiger partial charge in [-0.05, 0) is 70.0 Å². The van der Waals surface area contributed by atoms with Gasteiger partial charge in [-0.1, -0.05) is 18.6 Å². The van der Waals surface area contributed by atoms with Gasteiger partial charge in [0.05, 0.1) is 5.69 Å². The van der Waals surface area contributed by atoms with Crippen LogP contribution in [0.4, 0.5) is 0 Å². The SMILES string of the molecule is Cc1ccc(-c2cc(C(=O)NCC(C)N3CCCCC3)nn2C)cc1C. The highest BCUT2D eigenvalue weighted by atomic mass is 16.1. The van der Waals surface area contributed by atoms with E-state index in [1.54, 1.807) is 4.68 Å². The summed E-state index contributed by atoms with van der Waals surface area (Å²) in [6.45, 7) is 9.32. The Kier molecular flexibility index (Phi) is 5.77. The van der Waals surface area contributed by atoms with Gasteiger partial charge < -0.3 is 5.32 Å². The van der Waals surface area contributed by atoms with Crippen LogP contribution in [0.3, 0.4) is 0 Å². The number of piperidine rings is 1. The quantitative estimate of drug-likeness (QED) is 0.896. The van der Waals surface area contributed by atoms with E-state index in [0.29, 0.717) is 18.3 Å². The fourth-order valence-electron chi connectivity index (χ4n) is 3.57. The summed E-state index contributed by atoms with van der Waals surface area (Å²) in [5, 5.41) is 7.47. The van der Waals surface area contributed by atoms with Crippen LogP contribution in [0.2, 0.25) is 0 Å². The Hall–Kier alpha value is -2.14. The molecule has 1 saturated heterocycles. The molecule has 1 aromatic heterocycles. The lowest BCUT2D eigenvalue weighted by atomic mass is 10.0. The van der Waals surface area contributed by atoms with Crippen molar-refractivity contribution in [2.24, 2.45) is 7.05 Å². The molecule has 1 N–H and O–H groups in total. The Morgan fingerprint density at radius 2 is 1.88 bits per heavy atom. The number of carbonyl (C=O) groups excluding carboxylic acids is 1. The monoisotopic (exact) mass is 354 g/mol. The van der Waals surface area contributed by atoms with Gasteiger partial charge in [0.1, 0.15) is 0 Å². The number of nitrogens with zero attached hydrogens (tertiary/aromatic N) is 3. The maximum Gasteiger partial charge on any atom is 0.271 e. The lowest BCUT2D eigenvalue weighted by molar-refractivity contribution is 0.0924. The number of aryl methyl sites for hydroxylation is 3. The van der Waals surface area contributed by atoms with E-state index in [1.807, 2.05) is 13.1 Å². The van der Waals surface area contributed by atoms with Crippen LogP contribution >= 0.6 is 0 Å². The minimum Gasteiger partial charge on any atom is -0.349 e. The van der Waals surface area contributed by atoms with Gasteiger partial charge in [0.25, 0.3) is 5.91 Å². The highest BCUT2D eigenvalue weighted by Crippen LogP contribution is 2.22. The van der Waals surface area contributed by atoms with Crippen molar-refractivity contribution < 1.29 is 4.79 Å². The van der Waals surface area contributed by atoms with Gasteiger partial charge in [0.2, 0.25) is 0 Å². The van der Waals surface area contributed by atoms with Crippen LogP contribution in [0.25, 0.3) is 11.3 Å². The fraction of sp³-hybridized carbons (Fsp3) is 0.524. The largest absolute Gasteiger partial charge is 0.349 e. The molecule has 5 nitrogen and oxygen atoms in total. The number of amides is 1. The standard InChI is InChI=1S/C21H30N4O/c1-15-8-9-18(12-16(15)2)20-13-19(23-24(20)4)21(26)22-14-17(3)25-10-6-5-7-11-25/h8-9,12-13,17H,5-7,10-11,14H2,1-4H3,(H,22,26). The van der Waals surface area contributed by atoms with E-state index in [4.69, 9.17) is 0 Å². The van der Waals surface area contributed by atoms with E-state index < -0.39 is 0 Å². The first-order valence-corrected chi connectivity index (χ1v) is 9.59. The van der Waals surface area contributed by atoms with Crippen LogP contribution in [-0.4, -0.2) is 46.3 Å². The zero-order chi connectivity index (χ0) is 18.7. The summed E-state index contributed by atoms with van der Waals surface area (Å²) in [4.78, 5) is 15.0. The predicted molar refractivity (Wildman–Crippen MR) is 105 cm³/mol. The van der Waals surface area contributed by atoms with E-state index in [2.05, 4.69) is 54.3 Å². The summed E-state index contributed by atoms with van der Waals surface area (Å²) in [5.74, 6) is -0.0976. The molecule has 0 spiro atoms. The topological polar surface area (TPSA) is 50.2 Å². The molecule has 140 valence electrons. The van der Waals surface area contributed by atoms with Crippen molar-refractivity contribution in [3.63, 3.8) is 0 Å². The molecule has 1 aliphatic rings. The second-order valence-electron chi connectivity index (χ2n) is 7.49. The lowest BCUT2D eigenvalue weighted by Gasteiger charge is -2.32. The number of hydrogen-bond acceptors (Lipinski definition) is 3. The smallest absolute Gasteiger partial charge is 0.271 e. The lowest BCUT2D eigenvalue weighted by Crippen LogP contribution is -2.44. The van der Waals surface area contributed by atoms with Crippen LogP contribution in [0.1, 0.15) is 47.8 Å². The molecule has 3 rings (SSSR count). The number of carbonyl (C=O) groups is 1. The third-order valence-electron chi connectivity index (χ3n) is 5.49. The zero-order valence-corrected chi connectivity index (χ0v) is 16.4. The molecule has 0 aliphatic carbocycles. The number of rotatable bonds is 5. The Bertz CT molecular complexity index is 774. The van der Waals surface area contributed by atoms with Gasteiger partial charge in [-0.2, -0.15) is 5.10 Å². The zero-order valence-electron chi connectivity index (χ0n) is 16.4. The minimum absolute atomic E-state index is 0.0976. The molecule has 0 bridgehead atoms. The summed E-state index contributed by atoms with van der Waals surface area (Å²) < 4.78 is 1.78. The van der Waals surface area contributed by atoms with Gasteiger partial charge >= 0.3 is 0 Å². The average molecular weight is 354 g/mol. The number of likely N-dealkylation sites (tertiary alicyclic amines) is 1. The van der Waals surface area contributed by atoms with E-state index in [1.165, 1.54) is 30.4 Å². The summed E-state index contributed by atoms with van der Waals surface area (Å²) in [5.41, 5.74) is 5.03. The molecular formula is C21H30N4O. The van der Waals surface area contributed by atoms with Crippen molar-refractivity contribution in [1.82, 2.24) is 20.0 Å². The third-order valence-corrected chi connectivity index (χ3v) is 5.49. The first-order chi connectivity index (χ1) is 12.5. The van der Waals surface area contributed by atoms with Crippen LogP contribution in [0.5, 0.6) is 0 Å². The first kappa shape index (κ1) is 18.6. The van der Waals surface area contributed by atoms with Gasteiger partial charge in [-0.15, -0.1) is 0 Å². The maximum atomic E-state index is 12.5. The number of aromatic nitrogens is 2. The Morgan fingerprint density at radius 3 is 2.58 bits per heavy atom. The molecule has 1 atom stereocenters. The molecule has 5 heteroatoms. The van der Waals surface area contributed by atoms with Crippen molar-refractivity contribution in [2.45, 2.75) is 46.1 Å². The fourth-order valence-corrected chi connectivity index (χ4v) is 3.57. The van der Waals surface area contributed by atoms with Crippen LogP contribution in [0.15, 0.2) is 24.3 Å². The number of hydrogen-bond donors (Lipinski definition) is 1. The summed E-state index contributed by atoms with van der Waals surface area (Å²) in [6.07, 6.45) is 3.85. The first-order valence-electron chi connectivity index (χ1n) is 9.59. The molecular weight excluding hydrogens is 324 g/mol. The molecule has 1 unspecified atom stereocenters. The van der Waals surface area contributed by atoms with Crippen molar-refractivity contribution in [1.29, 1.82) is 0 Å². The summed E-state index contributed by atoms with van der Waals surface area (Å²) >= 11 is 0. The van der Waals surface area contributed by atoms with E-state index in [-0.39, 0.29) is 5.91 Å². The van der Waals surface area contributed by atoms with Crippen molar-refractivity contribution in [3.05, 3.63) is 41.1 Å². The van der Waals surface area contributed by atoms with Crippen LogP contribution < -0.4 is 5.32 Å². The summed E-state index contributed by atoms with van der Waals surface area (Å²) in [7, 11) is 1.89. The Morgan fingerprint density at radius 1 is 1.15 bits per heavy atom. The molecule has 2 aromatic rings. The molecule has 1 aliphatic heterocycles. The third kappa shape index (κ3) is 4.15. The van der Waals surface area contributed by atoms with E-state index in [0.717, 1.165) is 24.3 Å². The van der Waals surface area contributed by atoms with E-state index in [9.17, 15) is 4.79 Å². The Balaban J connectivity index is 1.65. The van der Waals surface area contributed by atoms with Gasteiger partial charge in [0, 0.05) is 25.2 Å². The summed E-state index contributed by atoms with van der Waals surface area (Å²) in [6, 6.07) is 8.58. The van der Waals surface area contributed by atoms with Crippen molar-refractivity contribution >= 4 is 5.91 Å². The number of nitrogens with one attached hydrogen (secondary N) is 1.